The van der Waals surface area contributed by atoms with E-state index >= 15 is 0 Å². The van der Waals surface area contributed by atoms with Gasteiger partial charge >= 0.3 is 0 Å². The minimum Gasteiger partial charge on any atom is -0.358 e. The van der Waals surface area contributed by atoms with Crippen LogP contribution in [0.3, 0.4) is 0 Å². The van der Waals surface area contributed by atoms with Crippen LogP contribution in [0.25, 0.3) is 0 Å². The summed E-state index contributed by atoms with van der Waals surface area (Å²) in [6.45, 7) is 30.9. The van der Waals surface area contributed by atoms with Gasteiger partial charge in [-0.25, -0.2) is 0 Å². The quantitative estimate of drug-likeness (QED) is 0.381. The predicted molar refractivity (Wildman–Crippen MR) is 133 cm³/mol. The Morgan fingerprint density at radius 3 is 0.410 bits per heavy atom. The van der Waals surface area contributed by atoms with Gasteiger partial charge in [-0.2, -0.15) is 0 Å². The second-order valence-electron chi connectivity index (χ2n) is 5.87. The third kappa shape index (κ3) is 1010. The molecule has 0 rings (SSSR count). The number of ketones is 7. The smallest absolute Gasteiger partial charge is 0.126 e. The first-order chi connectivity index (χ1) is 13.7. The van der Waals surface area contributed by atoms with Crippen molar-refractivity contribution >= 4 is 40.5 Å². The van der Waals surface area contributed by atoms with Crippen molar-refractivity contribution in [2.75, 3.05) is 0 Å². The Balaban J connectivity index is -0.0000000128. The predicted octanol–water partition coefficient (Wildman–Crippen LogP) is 4.66. The molecule has 0 aromatic carbocycles. The van der Waals surface area contributed by atoms with Crippen LogP contribution in [0, 0.1) is 49.0 Å². The van der Waals surface area contributed by atoms with Crippen LogP contribution in [-0.4, -0.2) is 40.5 Å². The molecule has 0 fully saturated rings. The van der Waals surface area contributed by atoms with Crippen LogP contribution in [0.1, 0.15) is 74.7 Å². The van der Waals surface area contributed by atoms with Gasteiger partial charge in [0.1, 0.15) is 5.78 Å². The summed E-state index contributed by atoms with van der Waals surface area (Å²) in [4.78, 5) is 66.7. The number of rotatable bonds is 3. The summed E-state index contributed by atoms with van der Waals surface area (Å²) in [6.07, 6.45) is 1.25. The Kier molecular flexibility index (Phi) is 224. The van der Waals surface area contributed by atoms with Crippen molar-refractivity contribution < 1.29 is 163 Å². The first kappa shape index (κ1) is 97.2. The molecule has 0 amide bonds. The summed E-state index contributed by atoms with van der Waals surface area (Å²) in [5.74, 6) is 0.347. The molecule has 0 unspecified atom stereocenters. The van der Waals surface area contributed by atoms with Crippen molar-refractivity contribution in [2.24, 2.45) is 0 Å². The van der Waals surface area contributed by atoms with Crippen molar-refractivity contribution in [3.05, 3.63) is 49.0 Å². The van der Waals surface area contributed by atoms with Crippen molar-refractivity contribution in [3.63, 3.8) is 0 Å². The van der Waals surface area contributed by atoms with Gasteiger partial charge in [0.05, 0.1) is 17.3 Å². The number of carbonyl (C=O) groups is 7. The van der Waals surface area contributed by atoms with E-state index in [0.717, 1.165) is 0 Å². The summed E-state index contributed by atoms with van der Waals surface area (Å²) in [7, 11) is 0. The van der Waals surface area contributed by atoms with Crippen molar-refractivity contribution in [3.8, 4) is 0 Å². The number of carbonyl (C=O) groups excluding carboxylic acids is 7. The third-order valence-corrected chi connectivity index (χ3v) is 1.06. The molecule has 0 aliphatic heterocycles. The molecule has 229 valence electrons. The SMILES string of the molecule is CC(C)=O.[CH2-]C(C)=O.[CH2-]C(C)=O.[CH2-]C(C)=O.[CH2-]CC(C)=O.[CH2-]CC(C)=O.[CH2-]CC(C)=O.[CH3-].[V].[V].[V].[V].[V].[V].[V]. The Morgan fingerprint density at radius 2 is 0.410 bits per heavy atom. The minimum atomic E-state index is -0.0833. The van der Waals surface area contributed by atoms with Crippen molar-refractivity contribution in [1.29, 1.82) is 0 Å². The van der Waals surface area contributed by atoms with E-state index in [9.17, 15) is 33.6 Å². The Morgan fingerprint density at radius 1 is 0.385 bits per heavy atom. The maximum absolute atomic E-state index is 9.75. The molecule has 14 heteroatoms. The zero-order chi connectivity index (χ0) is 27.2. The Hall–Kier alpha value is 1.39. The summed E-state index contributed by atoms with van der Waals surface area (Å²) in [5.41, 5.74) is 0. The summed E-state index contributed by atoms with van der Waals surface area (Å²) < 4.78 is 0. The maximum Gasteiger partial charge on any atom is 0.126 e. The second kappa shape index (κ2) is 90.1. The van der Waals surface area contributed by atoms with Gasteiger partial charge in [-0.3, -0.25) is 0 Å². The molecule has 0 spiro atoms. The van der Waals surface area contributed by atoms with Crippen LogP contribution in [0.15, 0.2) is 0 Å². The molecule has 0 heterocycles. The molecule has 39 heavy (non-hydrogen) atoms. The van der Waals surface area contributed by atoms with Gasteiger partial charge in [0, 0.05) is 130 Å². The summed E-state index contributed by atoms with van der Waals surface area (Å²) in [5, 5.41) is 0. The molecule has 7 radical (unpaired) electrons. The summed E-state index contributed by atoms with van der Waals surface area (Å²) in [6, 6.07) is 0. The molecular formula is C25H45O7V7-7. The van der Waals surface area contributed by atoms with Gasteiger partial charge in [0.15, 0.2) is 0 Å². The summed E-state index contributed by atoms with van der Waals surface area (Å²) >= 11 is 0. The molecule has 7 nitrogen and oxygen atoms in total. The number of hydrogen-bond donors (Lipinski definition) is 0. The van der Waals surface area contributed by atoms with Crippen LogP contribution in [0.5, 0.6) is 0 Å². The molecular weight excluding hydrogens is 769 g/mol. The molecule has 0 aromatic heterocycles. The third-order valence-electron chi connectivity index (χ3n) is 1.06. The van der Waals surface area contributed by atoms with E-state index in [1.165, 1.54) is 55.4 Å². The van der Waals surface area contributed by atoms with Gasteiger partial charge < -0.3 is 82.5 Å². The fraction of sp³-hybridized carbons (Fsp3) is 0.440. The average molecular weight is 814 g/mol. The van der Waals surface area contributed by atoms with Gasteiger partial charge in [0.25, 0.3) is 0 Å². The molecule has 0 aliphatic carbocycles. The van der Waals surface area contributed by atoms with Crippen LogP contribution >= 0.6 is 0 Å². The molecule has 0 aliphatic rings. The molecule has 0 saturated carbocycles. The molecule has 0 bridgehead atoms. The van der Waals surface area contributed by atoms with Gasteiger partial charge in [0.2, 0.25) is 0 Å². The first-order valence-corrected chi connectivity index (χ1v) is 9.05. The fourth-order valence-electron chi connectivity index (χ4n) is 0. The van der Waals surface area contributed by atoms with E-state index in [0.29, 0.717) is 19.3 Å². The standard InChI is InChI=1S/3C4H7O.C3H6O.3C3H5O.CH3.7V/c3*1-3-4(2)5;4*1-3(2)4;;;;;;;;/h3*1,3H2,2H3;1-2H3;3*1H2,2H3;1H3;;;;;;;/q3*-1;;4*-1;;;;;;;. The number of hydrogen-bond acceptors (Lipinski definition) is 7. The van der Waals surface area contributed by atoms with E-state index in [1.807, 2.05) is 0 Å². The fourth-order valence-corrected chi connectivity index (χ4v) is 0. The van der Waals surface area contributed by atoms with E-state index in [-0.39, 0.29) is 178 Å². The normalized spacial score (nSPS) is 5.51. The van der Waals surface area contributed by atoms with Crippen LogP contribution in [0.2, 0.25) is 0 Å². The number of Topliss-reactive ketones (excluding diaryl/α,β-unsaturated/α-hetero) is 7. The molecule has 0 atom stereocenters. The Labute approximate surface area is 324 Å². The van der Waals surface area contributed by atoms with Gasteiger partial charge in [-0.15, -0.1) is 19.3 Å². The topological polar surface area (TPSA) is 119 Å². The Bertz CT molecular complexity index is 420. The van der Waals surface area contributed by atoms with Crippen molar-refractivity contribution in [2.45, 2.75) is 74.7 Å². The van der Waals surface area contributed by atoms with Gasteiger partial charge in [-0.1, -0.05) is 0 Å². The van der Waals surface area contributed by atoms with Crippen LogP contribution in [-0.2, 0) is 163 Å². The zero-order valence-electron chi connectivity index (χ0n) is 24.9. The van der Waals surface area contributed by atoms with E-state index in [4.69, 9.17) is 0 Å². The van der Waals surface area contributed by atoms with Crippen LogP contribution < -0.4 is 0 Å². The average Bonchev–Trinajstić information content (AvgIpc) is 2.53. The van der Waals surface area contributed by atoms with Crippen molar-refractivity contribution in [1.82, 2.24) is 0 Å². The van der Waals surface area contributed by atoms with E-state index in [2.05, 4.69) is 41.5 Å². The zero-order valence-corrected chi connectivity index (χ0v) is 34.6. The van der Waals surface area contributed by atoms with E-state index in [1.54, 1.807) is 0 Å². The minimum absolute atomic E-state index is 0. The maximum atomic E-state index is 9.75. The molecule has 0 N–H and O–H groups in total. The van der Waals surface area contributed by atoms with Gasteiger partial charge in [-0.05, 0) is 72.7 Å². The van der Waals surface area contributed by atoms with E-state index < -0.39 is 0 Å². The molecule has 0 aromatic rings. The first-order valence-electron chi connectivity index (χ1n) is 9.05. The van der Waals surface area contributed by atoms with Crippen LogP contribution in [0.4, 0.5) is 0 Å². The monoisotopic (exact) mass is 814 g/mol. The molecule has 0 saturated heterocycles. The second-order valence-corrected chi connectivity index (χ2v) is 5.87. The largest absolute Gasteiger partial charge is 0.358 e.